The van der Waals surface area contributed by atoms with Crippen LogP contribution in [0.2, 0.25) is 0 Å². The van der Waals surface area contributed by atoms with Gasteiger partial charge in [0.15, 0.2) is 0 Å². The summed E-state index contributed by atoms with van der Waals surface area (Å²) in [5, 5.41) is 10.7. The molecule has 0 aliphatic rings. The van der Waals surface area contributed by atoms with Gasteiger partial charge in [-0.25, -0.2) is 13.1 Å². The number of aliphatic hydroxyl groups excluding tert-OH is 1. The van der Waals surface area contributed by atoms with Gasteiger partial charge in [0.05, 0.1) is 38.7 Å². The average molecular weight is 367 g/mol. The molecular weight excluding hydrogens is 338 g/mol. The van der Waals surface area contributed by atoms with E-state index in [0.717, 1.165) is 11.1 Å². The van der Waals surface area contributed by atoms with Crippen LogP contribution in [0.1, 0.15) is 0 Å². The van der Waals surface area contributed by atoms with E-state index >= 15 is 0 Å². The maximum atomic E-state index is 12.8. The van der Waals surface area contributed by atoms with Gasteiger partial charge in [0.25, 0.3) is 0 Å². The third-order valence-electron chi connectivity index (χ3n) is 4.34. The largest absolute Gasteiger partial charge is 0.391 e. The first kappa shape index (κ1) is 19.7. The molecular formula is C18H28N3O3S+. The van der Waals surface area contributed by atoms with Gasteiger partial charge in [-0.05, 0) is 12.1 Å². The quantitative estimate of drug-likeness (QED) is 0.690. The van der Waals surface area contributed by atoms with Gasteiger partial charge >= 0.3 is 0 Å². The normalized spacial score (nSPS) is 12.5. The zero-order valence-electron chi connectivity index (χ0n) is 15.4. The number of fused-ring (bicyclic) bond motifs is 1. The average Bonchev–Trinajstić information content (AvgIpc) is 2.53. The number of benzene rings is 2. The van der Waals surface area contributed by atoms with E-state index in [1.54, 1.807) is 12.1 Å². The van der Waals surface area contributed by atoms with Crippen molar-refractivity contribution in [2.75, 3.05) is 59.3 Å². The molecule has 0 aliphatic carbocycles. The Hall–Kier alpha value is -1.67. The van der Waals surface area contributed by atoms with Gasteiger partial charge in [-0.15, -0.1) is 0 Å². The monoisotopic (exact) mass is 366 g/mol. The zero-order chi connectivity index (χ0) is 18.7. The van der Waals surface area contributed by atoms with E-state index in [9.17, 15) is 8.42 Å². The van der Waals surface area contributed by atoms with Crippen molar-refractivity contribution in [3.8, 4) is 0 Å². The summed E-state index contributed by atoms with van der Waals surface area (Å²) in [7, 11) is 4.20. The highest BCUT2D eigenvalue weighted by Crippen LogP contribution is 2.29. The van der Waals surface area contributed by atoms with Crippen LogP contribution >= 0.6 is 0 Å². The molecule has 138 valence electrons. The van der Waals surface area contributed by atoms with Crippen molar-refractivity contribution in [1.82, 2.24) is 4.72 Å². The first-order valence-electron chi connectivity index (χ1n) is 8.29. The second kappa shape index (κ2) is 7.70. The Balaban J connectivity index is 2.30. The van der Waals surface area contributed by atoms with Gasteiger partial charge in [-0.1, -0.05) is 24.3 Å². The molecule has 6 nitrogen and oxygen atoms in total. The highest BCUT2D eigenvalue weighted by atomic mass is 32.2. The molecule has 0 saturated carbocycles. The third-order valence-corrected chi connectivity index (χ3v) is 5.86. The molecule has 0 saturated heterocycles. The predicted molar refractivity (Wildman–Crippen MR) is 102 cm³/mol. The van der Waals surface area contributed by atoms with E-state index in [0.29, 0.717) is 34.4 Å². The van der Waals surface area contributed by atoms with Crippen LogP contribution in [-0.4, -0.2) is 72.4 Å². The molecule has 7 heteroatoms. The molecule has 25 heavy (non-hydrogen) atoms. The topological polar surface area (TPSA) is 69.6 Å². The molecule has 0 aliphatic heterocycles. The third kappa shape index (κ3) is 4.70. The molecule has 0 atom stereocenters. The molecule has 0 amide bonds. The summed E-state index contributed by atoms with van der Waals surface area (Å²) in [5.41, 5.74) is 0.982. The molecule has 0 radical (unpaired) electrons. The number of nitrogens with one attached hydrogen (secondary N) is 1. The van der Waals surface area contributed by atoms with Crippen LogP contribution in [0.25, 0.3) is 10.8 Å². The molecule has 2 N–H and O–H groups in total. The number of quaternary nitrogens is 1. The van der Waals surface area contributed by atoms with Crippen LogP contribution in [0.3, 0.4) is 0 Å². The molecule has 0 heterocycles. The summed E-state index contributed by atoms with van der Waals surface area (Å²) in [6.45, 7) is 1.59. The van der Waals surface area contributed by atoms with Crippen molar-refractivity contribution >= 4 is 26.5 Å². The van der Waals surface area contributed by atoms with Crippen molar-refractivity contribution in [2.24, 2.45) is 0 Å². The summed E-state index contributed by atoms with van der Waals surface area (Å²) in [5.74, 6) is 0. The Morgan fingerprint density at radius 1 is 1.04 bits per heavy atom. The van der Waals surface area contributed by atoms with Crippen LogP contribution in [0.15, 0.2) is 41.3 Å². The maximum Gasteiger partial charge on any atom is 0.241 e. The number of hydrogen-bond acceptors (Lipinski definition) is 4. The summed E-state index contributed by atoms with van der Waals surface area (Å²) >= 11 is 0. The van der Waals surface area contributed by atoms with Crippen molar-refractivity contribution in [3.63, 3.8) is 0 Å². The van der Waals surface area contributed by atoms with E-state index in [-0.39, 0.29) is 6.61 Å². The van der Waals surface area contributed by atoms with Crippen molar-refractivity contribution in [2.45, 2.75) is 4.90 Å². The Labute approximate surface area is 150 Å². The van der Waals surface area contributed by atoms with E-state index in [2.05, 4.69) is 4.72 Å². The number of aliphatic hydroxyl groups is 1. The van der Waals surface area contributed by atoms with E-state index in [4.69, 9.17) is 5.11 Å². The summed E-state index contributed by atoms with van der Waals surface area (Å²) < 4.78 is 28.8. The van der Waals surface area contributed by atoms with Gasteiger partial charge < -0.3 is 14.5 Å². The molecule has 2 aromatic carbocycles. The van der Waals surface area contributed by atoms with E-state index in [1.807, 2.05) is 57.4 Å². The fourth-order valence-corrected chi connectivity index (χ4v) is 4.07. The van der Waals surface area contributed by atoms with Crippen LogP contribution in [0.4, 0.5) is 5.69 Å². The second-order valence-electron chi connectivity index (χ2n) is 7.03. The molecule has 0 bridgehead atoms. The standard InChI is InChI=1S/C18H28N3O3S/c1-20(2)17-9-5-8-16-15(17)7-6-10-18(16)25(23,24)19-11-12-21(3,4)13-14-22/h5-10,19,22H,11-14H2,1-4H3/q+1. The fraction of sp³-hybridized carbons (Fsp3) is 0.444. The minimum Gasteiger partial charge on any atom is -0.391 e. The molecule has 0 fully saturated rings. The number of hydrogen-bond donors (Lipinski definition) is 2. The lowest BCUT2D eigenvalue weighted by atomic mass is 10.1. The SMILES string of the molecule is CN(C)c1cccc2c(S(=O)(=O)NCC[N+](C)(C)CCO)cccc12. The van der Waals surface area contributed by atoms with Gasteiger partial charge in [0, 0.05) is 30.6 Å². The smallest absolute Gasteiger partial charge is 0.241 e. The first-order valence-corrected chi connectivity index (χ1v) is 9.78. The van der Waals surface area contributed by atoms with Crippen LogP contribution in [-0.2, 0) is 10.0 Å². The van der Waals surface area contributed by atoms with Gasteiger partial charge in [0.1, 0.15) is 6.54 Å². The minimum atomic E-state index is -3.61. The van der Waals surface area contributed by atoms with Crippen molar-refractivity contribution < 1.29 is 18.0 Å². The predicted octanol–water partition coefficient (Wildman–Crippen LogP) is 1.25. The van der Waals surface area contributed by atoms with E-state index in [1.165, 1.54) is 0 Å². The highest BCUT2D eigenvalue weighted by Gasteiger charge is 2.20. The summed E-state index contributed by atoms with van der Waals surface area (Å²) in [6, 6.07) is 11.0. The number of rotatable bonds is 8. The van der Waals surface area contributed by atoms with Gasteiger partial charge in [0.2, 0.25) is 10.0 Å². The summed E-state index contributed by atoms with van der Waals surface area (Å²) in [6.07, 6.45) is 0. The highest BCUT2D eigenvalue weighted by molar-refractivity contribution is 7.89. The van der Waals surface area contributed by atoms with Gasteiger partial charge in [-0.2, -0.15) is 0 Å². The Morgan fingerprint density at radius 2 is 1.68 bits per heavy atom. The van der Waals surface area contributed by atoms with E-state index < -0.39 is 10.0 Å². The van der Waals surface area contributed by atoms with Crippen LogP contribution in [0, 0.1) is 0 Å². The molecule has 2 aromatic rings. The van der Waals surface area contributed by atoms with Crippen LogP contribution < -0.4 is 9.62 Å². The fourth-order valence-electron chi connectivity index (χ4n) is 2.83. The van der Waals surface area contributed by atoms with Crippen molar-refractivity contribution in [1.29, 1.82) is 0 Å². The second-order valence-corrected chi connectivity index (χ2v) is 8.76. The maximum absolute atomic E-state index is 12.8. The van der Waals surface area contributed by atoms with Gasteiger partial charge in [-0.3, -0.25) is 0 Å². The molecule has 0 unspecified atom stereocenters. The number of sulfonamides is 1. The number of likely N-dealkylation sites (N-methyl/N-ethyl adjacent to an activating group) is 1. The number of anilines is 1. The first-order chi connectivity index (χ1) is 11.7. The zero-order valence-corrected chi connectivity index (χ0v) is 16.2. The number of nitrogens with zero attached hydrogens (tertiary/aromatic N) is 2. The Morgan fingerprint density at radius 3 is 2.32 bits per heavy atom. The van der Waals surface area contributed by atoms with Crippen molar-refractivity contribution in [3.05, 3.63) is 36.4 Å². The summed E-state index contributed by atoms with van der Waals surface area (Å²) in [4.78, 5) is 2.27. The molecule has 0 spiro atoms. The minimum absolute atomic E-state index is 0.0797. The van der Waals surface area contributed by atoms with Crippen LogP contribution in [0.5, 0.6) is 0 Å². The lowest BCUT2D eigenvalue weighted by Crippen LogP contribution is -2.46. The Bertz CT molecular complexity index is 833. The molecule has 0 aromatic heterocycles. The lowest BCUT2D eigenvalue weighted by Gasteiger charge is -2.28. The lowest BCUT2D eigenvalue weighted by molar-refractivity contribution is -0.889. The Kier molecular flexibility index (Phi) is 6.05. The molecule has 2 rings (SSSR count).